The molecular formula is C24H21ClF3N3O6S. The molecule has 202 valence electrons. The molecule has 3 aromatic rings. The molecule has 0 fully saturated rings. The molecule has 0 spiro atoms. The quantitative estimate of drug-likeness (QED) is 0.226. The second kappa shape index (κ2) is 11.7. The van der Waals surface area contributed by atoms with Gasteiger partial charge < -0.3 is 9.15 Å². The van der Waals surface area contributed by atoms with E-state index in [1.807, 2.05) is 0 Å². The van der Waals surface area contributed by atoms with Crippen molar-refractivity contribution in [2.75, 3.05) is 23.7 Å². The highest BCUT2D eigenvalue weighted by molar-refractivity contribution is 7.92. The lowest BCUT2D eigenvalue weighted by Crippen LogP contribution is -2.39. The van der Waals surface area contributed by atoms with Crippen molar-refractivity contribution >= 4 is 45.4 Å². The van der Waals surface area contributed by atoms with Crippen LogP contribution in [0.4, 0.5) is 18.9 Å². The number of sulfonamides is 1. The molecule has 1 heterocycles. The van der Waals surface area contributed by atoms with Gasteiger partial charge in [-0.2, -0.15) is 18.3 Å². The van der Waals surface area contributed by atoms with E-state index < -0.39 is 45.9 Å². The molecule has 0 saturated carbocycles. The van der Waals surface area contributed by atoms with Crippen LogP contribution in [0.2, 0.25) is 5.02 Å². The summed E-state index contributed by atoms with van der Waals surface area (Å²) in [5, 5.41) is 3.41. The average Bonchev–Trinajstić information content (AvgIpc) is 3.31. The minimum Gasteiger partial charge on any atom is -0.462 e. The monoisotopic (exact) mass is 571 g/mol. The summed E-state index contributed by atoms with van der Waals surface area (Å²) in [6.45, 7) is 1.07. The molecule has 9 nitrogen and oxygen atoms in total. The Bertz CT molecular complexity index is 1450. The normalized spacial score (nSPS) is 11.9. The molecule has 1 N–H and O–H groups in total. The summed E-state index contributed by atoms with van der Waals surface area (Å²) in [5.41, 5.74) is 1.49. The third-order valence-corrected chi connectivity index (χ3v) is 6.36. The summed E-state index contributed by atoms with van der Waals surface area (Å²) in [6.07, 6.45) is -2.87. The zero-order valence-corrected chi connectivity index (χ0v) is 21.5. The standard InChI is InChI=1S/C24H21ClF3N3O6S/c1-3-36-23(33)16-6-4-15(5-7-16)21-11-9-18(37-21)13-29-30-22(32)14-31(38(2,34)35)20-12-17(24(26,27)28)8-10-19(20)25/h4-13H,3,14H2,1-2H3,(H,30,32)/b29-13+. The molecule has 0 aliphatic heterocycles. The lowest BCUT2D eigenvalue weighted by Gasteiger charge is -2.23. The largest absolute Gasteiger partial charge is 0.462 e. The number of anilines is 1. The van der Waals surface area contributed by atoms with E-state index in [1.165, 1.54) is 0 Å². The van der Waals surface area contributed by atoms with E-state index in [0.29, 0.717) is 33.3 Å². The summed E-state index contributed by atoms with van der Waals surface area (Å²) < 4.78 is 74.8. The zero-order valence-electron chi connectivity index (χ0n) is 20.0. The molecular weight excluding hydrogens is 551 g/mol. The lowest BCUT2D eigenvalue weighted by atomic mass is 10.1. The molecule has 1 aromatic heterocycles. The van der Waals surface area contributed by atoms with Crippen molar-refractivity contribution in [2.45, 2.75) is 13.1 Å². The highest BCUT2D eigenvalue weighted by atomic mass is 35.5. The van der Waals surface area contributed by atoms with Crippen LogP contribution in [0.1, 0.15) is 28.6 Å². The third kappa shape index (κ3) is 7.35. The van der Waals surface area contributed by atoms with E-state index in [0.717, 1.165) is 18.5 Å². The van der Waals surface area contributed by atoms with Crippen LogP contribution in [-0.2, 0) is 25.7 Å². The molecule has 0 aliphatic rings. The molecule has 0 saturated heterocycles. The number of nitrogens with zero attached hydrogens (tertiary/aromatic N) is 2. The number of benzene rings is 2. The maximum atomic E-state index is 13.1. The number of hydrogen-bond donors (Lipinski definition) is 1. The predicted octanol–water partition coefficient (Wildman–Crippen LogP) is 4.71. The Labute approximate surface area is 220 Å². The number of furan rings is 1. The number of alkyl halides is 3. The van der Waals surface area contributed by atoms with Gasteiger partial charge in [0.25, 0.3) is 5.91 Å². The van der Waals surface area contributed by atoms with Crippen molar-refractivity contribution < 1.29 is 40.3 Å². The predicted molar refractivity (Wildman–Crippen MR) is 134 cm³/mol. The van der Waals surface area contributed by atoms with Crippen molar-refractivity contribution in [3.05, 3.63) is 76.5 Å². The lowest BCUT2D eigenvalue weighted by molar-refractivity contribution is -0.137. The first kappa shape index (κ1) is 28.7. The molecule has 0 radical (unpaired) electrons. The Morgan fingerprint density at radius 1 is 1.13 bits per heavy atom. The van der Waals surface area contributed by atoms with Gasteiger partial charge in [-0.3, -0.25) is 9.10 Å². The van der Waals surface area contributed by atoms with Crippen molar-refractivity contribution in [1.29, 1.82) is 0 Å². The maximum Gasteiger partial charge on any atom is 0.416 e. The number of nitrogens with one attached hydrogen (secondary N) is 1. The molecule has 0 bridgehead atoms. The molecule has 0 unspecified atom stereocenters. The number of carbonyl (C=O) groups is 2. The molecule has 3 rings (SSSR count). The molecule has 14 heteroatoms. The van der Waals surface area contributed by atoms with Crippen molar-refractivity contribution in [3.8, 4) is 11.3 Å². The first-order valence-electron chi connectivity index (χ1n) is 10.8. The fourth-order valence-corrected chi connectivity index (χ4v) is 4.29. The van der Waals surface area contributed by atoms with Gasteiger partial charge in [-0.1, -0.05) is 23.7 Å². The van der Waals surface area contributed by atoms with Crippen LogP contribution < -0.4 is 9.73 Å². The molecule has 38 heavy (non-hydrogen) atoms. The number of carbonyl (C=O) groups excluding carboxylic acids is 2. The van der Waals surface area contributed by atoms with Crippen LogP contribution in [0.25, 0.3) is 11.3 Å². The molecule has 0 aliphatic carbocycles. The maximum absolute atomic E-state index is 13.1. The van der Waals surface area contributed by atoms with E-state index in [-0.39, 0.29) is 17.4 Å². The van der Waals surface area contributed by atoms with Crippen LogP contribution in [0, 0.1) is 0 Å². The van der Waals surface area contributed by atoms with E-state index in [4.69, 9.17) is 20.8 Å². The molecule has 1 amide bonds. The number of rotatable bonds is 9. The first-order chi connectivity index (χ1) is 17.8. The van der Waals surface area contributed by atoms with Gasteiger partial charge in [0, 0.05) is 5.56 Å². The zero-order chi connectivity index (χ0) is 28.1. The smallest absolute Gasteiger partial charge is 0.416 e. The highest BCUT2D eigenvalue weighted by Gasteiger charge is 2.33. The van der Waals surface area contributed by atoms with Crippen LogP contribution in [0.15, 0.2) is 64.1 Å². The topological polar surface area (TPSA) is 118 Å². The van der Waals surface area contributed by atoms with E-state index in [2.05, 4.69) is 10.5 Å². The van der Waals surface area contributed by atoms with Crippen LogP contribution in [0.3, 0.4) is 0 Å². The Morgan fingerprint density at radius 2 is 1.82 bits per heavy atom. The molecule has 0 atom stereocenters. The number of esters is 1. The Hall–Kier alpha value is -3.84. The number of hydrogen-bond acceptors (Lipinski definition) is 7. The first-order valence-corrected chi connectivity index (χ1v) is 13.1. The molecule has 2 aromatic carbocycles. The van der Waals surface area contributed by atoms with Crippen LogP contribution >= 0.6 is 11.6 Å². The van der Waals surface area contributed by atoms with Gasteiger partial charge in [0.15, 0.2) is 0 Å². The van der Waals surface area contributed by atoms with Gasteiger partial charge in [-0.15, -0.1) is 0 Å². The third-order valence-electron chi connectivity index (χ3n) is 4.92. The van der Waals surface area contributed by atoms with E-state index in [1.54, 1.807) is 43.3 Å². The van der Waals surface area contributed by atoms with Gasteiger partial charge in [0.2, 0.25) is 10.0 Å². The summed E-state index contributed by atoms with van der Waals surface area (Å²) in [4.78, 5) is 24.1. The van der Waals surface area contributed by atoms with Crippen LogP contribution in [0.5, 0.6) is 0 Å². The second-order valence-corrected chi connectivity index (χ2v) is 10.0. The van der Waals surface area contributed by atoms with Crippen molar-refractivity contribution in [1.82, 2.24) is 5.43 Å². The van der Waals surface area contributed by atoms with Gasteiger partial charge in [0.1, 0.15) is 18.1 Å². The number of hydrazone groups is 1. The Morgan fingerprint density at radius 3 is 2.42 bits per heavy atom. The summed E-state index contributed by atoms with van der Waals surface area (Å²) in [5.74, 6) is -0.723. The average molecular weight is 572 g/mol. The van der Waals surface area contributed by atoms with Crippen molar-refractivity contribution in [3.63, 3.8) is 0 Å². The van der Waals surface area contributed by atoms with Gasteiger partial charge in [-0.25, -0.2) is 18.6 Å². The van der Waals surface area contributed by atoms with E-state index in [9.17, 15) is 31.2 Å². The van der Waals surface area contributed by atoms with Gasteiger partial charge >= 0.3 is 12.1 Å². The second-order valence-electron chi connectivity index (χ2n) is 7.73. The minimum absolute atomic E-state index is 0.232. The van der Waals surface area contributed by atoms with Crippen LogP contribution in [-0.4, -0.2) is 45.9 Å². The number of halogens is 4. The fraction of sp³-hybridized carbons (Fsp3) is 0.208. The fourth-order valence-electron chi connectivity index (χ4n) is 3.16. The summed E-state index contributed by atoms with van der Waals surface area (Å²) in [6, 6.07) is 11.8. The summed E-state index contributed by atoms with van der Waals surface area (Å²) in [7, 11) is -4.19. The number of amides is 1. The van der Waals surface area contributed by atoms with Gasteiger partial charge in [-0.05, 0) is 49.4 Å². The van der Waals surface area contributed by atoms with Crippen molar-refractivity contribution in [2.24, 2.45) is 5.10 Å². The minimum atomic E-state index is -4.75. The highest BCUT2D eigenvalue weighted by Crippen LogP contribution is 2.36. The SMILES string of the molecule is CCOC(=O)c1ccc(-c2ccc(/C=N/NC(=O)CN(c3cc(C(F)(F)F)ccc3Cl)S(C)(=O)=O)o2)cc1. The summed E-state index contributed by atoms with van der Waals surface area (Å²) >= 11 is 5.94. The van der Waals surface area contributed by atoms with Gasteiger partial charge in [0.05, 0.1) is 40.9 Å². The Kier molecular flexibility index (Phi) is 8.84. The Balaban J connectivity index is 1.69. The number of ether oxygens (including phenoxy) is 1. The van der Waals surface area contributed by atoms with E-state index >= 15 is 0 Å².